The Kier molecular flexibility index (Phi) is 2.31. The standard InChI is InChI=1S/C10H10ClOP/c11-9-6-7-13(12,8-9)10-4-2-1-3-5-10/h1-5,8H,6-7H2. The van der Waals surface area contributed by atoms with Crippen LogP contribution in [0.3, 0.4) is 0 Å². The van der Waals surface area contributed by atoms with Gasteiger partial charge in [0.1, 0.15) is 7.14 Å². The summed E-state index contributed by atoms with van der Waals surface area (Å²) in [6, 6.07) is 9.57. The van der Waals surface area contributed by atoms with E-state index >= 15 is 0 Å². The number of halogens is 1. The molecule has 0 saturated carbocycles. The summed E-state index contributed by atoms with van der Waals surface area (Å²) in [5, 5.41) is 1.66. The number of hydrogen-bond donors (Lipinski definition) is 0. The van der Waals surface area contributed by atoms with Crippen LogP contribution in [0.5, 0.6) is 0 Å². The topological polar surface area (TPSA) is 17.1 Å². The summed E-state index contributed by atoms with van der Waals surface area (Å²) in [6.45, 7) is 0. The van der Waals surface area contributed by atoms with Crippen LogP contribution < -0.4 is 5.30 Å². The van der Waals surface area contributed by atoms with Crippen molar-refractivity contribution in [1.82, 2.24) is 0 Å². The van der Waals surface area contributed by atoms with E-state index in [0.717, 1.165) is 16.8 Å². The SMILES string of the molecule is O=P1(c2ccccc2)C=C(Cl)CC1. The maximum atomic E-state index is 12.3. The first-order chi connectivity index (χ1) is 6.21. The lowest BCUT2D eigenvalue weighted by Gasteiger charge is -2.07. The third-order valence-corrected chi connectivity index (χ3v) is 5.46. The first kappa shape index (κ1) is 9.05. The van der Waals surface area contributed by atoms with Crippen LogP contribution in [0.25, 0.3) is 0 Å². The van der Waals surface area contributed by atoms with Crippen molar-refractivity contribution in [2.45, 2.75) is 6.42 Å². The van der Waals surface area contributed by atoms with Crippen molar-refractivity contribution in [3.8, 4) is 0 Å². The summed E-state index contributed by atoms with van der Waals surface area (Å²) < 4.78 is 12.3. The van der Waals surface area contributed by atoms with Gasteiger partial charge in [-0.2, -0.15) is 0 Å². The average molecular weight is 213 g/mol. The Hall–Kier alpha value is -0.520. The number of allylic oxidation sites excluding steroid dienone is 1. The maximum Gasteiger partial charge on any atom is 0.137 e. The van der Waals surface area contributed by atoms with Gasteiger partial charge in [-0.25, -0.2) is 0 Å². The molecule has 0 aromatic heterocycles. The molecular weight excluding hydrogens is 203 g/mol. The van der Waals surface area contributed by atoms with Crippen molar-refractivity contribution < 1.29 is 4.57 Å². The Bertz CT molecular complexity index is 383. The third kappa shape index (κ3) is 1.72. The van der Waals surface area contributed by atoms with Crippen molar-refractivity contribution in [3.63, 3.8) is 0 Å². The minimum absolute atomic E-state index is 0.690. The molecule has 0 saturated heterocycles. The number of hydrogen-bond acceptors (Lipinski definition) is 1. The molecule has 1 aliphatic heterocycles. The summed E-state index contributed by atoms with van der Waals surface area (Å²) in [5.74, 6) is 1.74. The molecule has 1 heterocycles. The molecular formula is C10H10ClOP. The van der Waals surface area contributed by atoms with Gasteiger partial charge in [-0.1, -0.05) is 41.9 Å². The van der Waals surface area contributed by atoms with Gasteiger partial charge in [-0.15, -0.1) is 0 Å². The lowest BCUT2D eigenvalue weighted by molar-refractivity contribution is 0.587. The molecule has 2 rings (SSSR count). The average Bonchev–Trinajstić information content (AvgIpc) is 2.49. The molecule has 1 unspecified atom stereocenters. The van der Waals surface area contributed by atoms with Crippen LogP contribution in [0.15, 0.2) is 41.2 Å². The number of benzene rings is 1. The van der Waals surface area contributed by atoms with Gasteiger partial charge >= 0.3 is 0 Å². The minimum atomic E-state index is -2.27. The second kappa shape index (κ2) is 3.32. The highest BCUT2D eigenvalue weighted by Crippen LogP contribution is 2.53. The van der Waals surface area contributed by atoms with E-state index in [1.165, 1.54) is 0 Å². The van der Waals surface area contributed by atoms with E-state index in [1.807, 2.05) is 30.3 Å². The van der Waals surface area contributed by atoms with Gasteiger partial charge in [-0.3, -0.25) is 0 Å². The first-order valence-corrected chi connectivity index (χ1v) is 6.56. The maximum absolute atomic E-state index is 12.3. The third-order valence-electron chi connectivity index (χ3n) is 2.22. The Morgan fingerprint density at radius 3 is 2.46 bits per heavy atom. The van der Waals surface area contributed by atoms with Crippen LogP contribution >= 0.6 is 18.7 Å². The quantitative estimate of drug-likeness (QED) is 0.654. The van der Waals surface area contributed by atoms with E-state index in [-0.39, 0.29) is 0 Å². The zero-order chi connectivity index (χ0) is 9.31. The van der Waals surface area contributed by atoms with Crippen LogP contribution in [0.4, 0.5) is 0 Å². The molecule has 1 aliphatic rings. The molecule has 0 bridgehead atoms. The van der Waals surface area contributed by atoms with Gasteiger partial charge in [-0.05, 0) is 12.2 Å². The monoisotopic (exact) mass is 212 g/mol. The summed E-state index contributed by atoms with van der Waals surface area (Å²) in [6.07, 6.45) is 1.45. The fourth-order valence-corrected chi connectivity index (χ4v) is 4.58. The van der Waals surface area contributed by atoms with Crippen molar-refractivity contribution in [2.75, 3.05) is 6.16 Å². The Morgan fingerprint density at radius 2 is 1.92 bits per heavy atom. The first-order valence-electron chi connectivity index (χ1n) is 4.22. The van der Waals surface area contributed by atoms with Crippen LogP contribution in [0.2, 0.25) is 0 Å². The van der Waals surface area contributed by atoms with Crippen molar-refractivity contribution in [1.29, 1.82) is 0 Å². The summed E-state index contributed by atoms with van der Waals surface area (Å²) in [4.78, 5) is 0. The second-order valence-electron chi connectivity index (χ2n) is 3.18. The highest BCUT2D eigenvalue weighted by atomic mass is 35.5. The van der Waals surface area contributed by atoms with Gasteiger partial charge in [0.2, 0.25) is 0 Å². The molecule has 68 valence electrons. The highest BCUT2D eigenvalue weighted by molar-refractivity contribution is 7.74. The lowest BCUT2D eigenvalue weighted by atomic mass is 10.4. The van der Waals surface area contributed by atoms with E-state index in [1.54, 1.807) is 5.82 Å². The van der Waals surface area contributed by atoms with Crippen LogP contribution in [-0.4, -0.2) is 6.16 Å². The van der Waals surface area contributed by atoms with E-state index in [0.29, 0.717) is 6.16 Å². The van der Waals surface area contributed by atoms with Gasteiger partial charge < -0.3 is 4.57 Å². The molecule has 0 radical (unpaired) electrons. The van der Waals surface area contributed by atoms with Gasteiger partial charge in [0.25, 0.3) is 0 Å². The lowest BCUT2D eigenvalue weighted by Crippen LogP contribution is -2.01. The fraction of sp³-hybridized carbons (Fsp3) is 0.200. The Balaban J connectivity index is 2.43. The fourth-order valence-electron chi connectivity index (χ4n) is 1.51. The predicted molar refractivity (Wildman–Crippen MR) is 57.1 cm³/mol. The van der Waals surface area contributed by atoms with Crippen LogP contribution in [-0.2, 0) is 4.57 Å². The molecule has 0 fully saturated rings. The summed E-state index contributed by atoms with van der Waals surface area (Å²) in [5.41, 5.74) is 0. The smallest absolute Gasteiger partial charge is 0.137 e. The van der Waals surface area contributed by atoms with Gasteiger partial charge in [0, 0.05) is 16.5 Å². The van der Waals surface area contributed by atoms with Gasteiger partial charge in [0.15, 0.2) is 0 Å². The normalized spacial score (nSPS) is 27.3. The Labute approximate surface area is 82.8 Å². The molecule has 0 aliphatic carbocycles. The van der Waals surface area contributed by atoms with Crippen molar-refractivity contribution >= 4 is 24.0 Å². The molecule has 3 heteroatoms. The van der Waals surface area contributed by atoms with Crippen molar-refractivity contribution in [2.24, 2.45) is 0 Å². The van der Waals surface area contributed by atoms with Gasteiger partial charge in [0.05, 0.1) is 0 Å². The molecule has 1 aromatic carbocycles. The zero-order valence-electron chi connectivity index (χ0n) is 7.11. The van der Waals surface area contributed by atoms with E-state index in [4.69, 9.17) is 11.6 Å². The van der Waals surface area contributed by atoms with E-state index in [2.05, 4.69) is 0 Å². The van der Waals surface area contributed by atoms with Crippen LogP contribution in [0.1, 0.15) is 6.42 Å². The molecule has 13 heavy (non-hydrogen) atoms. The second-order valence-corrected chi connectivity index (χ2v) is 6.48. The molecule has 0 N–H and O–H groups in total. The van der Waals surface area contributed by atoms with E-state index < -0.39 is 7.14 Å². The minimum Gasteiger partial charge on any atom is -0.314 e. The zero-order valence-corrected chi connectivity index (χ0v) is 8.76. The molecule has 1 nitrogen and oxygen atoms in total. The molecule has 1 atom stereocenters. The highest BCUT2D eigenvalue weighted by Gasteiger charge is 2.27. The Morgan fingerprint density at radius 1 is 1.23 bits per heavy atom. The van der Waals surface area contributed by atoms with E-state index in [9.17, 15) is 4.57 Å². The largest absolute Gasteiger partial charge is 0.314 e. The summed E-state index contributed by atoms with van der Waals surface area (Å²) >= 11 is 5.84. The predicted octanol–water partition coefficient (Wildman–Crippen LogP) is 3.16. The van der Waals surface area contributed by atoms with Crippen LogP contribution in [0, 0.1) is 0 Å². The summed E-state index contributed by atoms with van der Waals surface area (Å²) in [7, 11) is -2.27. The molecule has 0 spiro atoms. The molecule has 1 aromatic rings. The molecule has 0 amide bonds. The number of rotatable bonds is 1. The van der Waals surface area contributed by atoms with Crippen molar-refractivity contribution in [3.05, 3.63) is 41.2 Å².